The van der Waals surface area contributed by atoms with E-state index in [2.05, 4.69) is 36.6 Å². The number of piperidine rings is 1. The van der Waals surface area contributed by atoms with E-state index in [4.69, 9.17) is 14.2 Å². The second-order valence-corrected chi connectivity index (χ2v) is 8.74. The van der Waals surface area contributed by atoms with E-state index in [-0.39, 0.29) is 11.5 Å². The molecule has 3 fully saturated rings. The van der Waals surface area contributed by atoms with E-state index >= 15 is 0 Å². The molecule has 3 heterocycles. The molecule has 0 aromatic heterocycles. The van der Waals surface area contributed by atoms with Crippen LogP contribution in [0.25, 0.3) is 0 Å². The third-order valence-corrected chi connectivity index (χ3v) is 7.79. The molecule has 0 amide bonds. The third-order valence-electron chi connectivity index (χ3n) is 7.79. The lowest BCUT2D eigenvalue weighted by Gasteiger charge is -2.60. The van der Waals surface area contributed by atoms with Crippen LogP contribution in [-0.2, 0) is 21.3 Å². The van der Waals surface area contributed by atoms with E-state index in [0.29, 0.717) is 25.2 Å². The SMILES string of the molecule is C=CCN1CCC23c4c5ccc(C)c4OC2C2(CC[C@@H]3[C@@H]1C5)OCCO2. The van der Waals surface area contributed by atoms with Crippen LogP contribution in [0.1, 0.15) is 36.0 Å². The van der Waals surface area contributed by atoms with Gasteiger partial charge in [-0.3, -0.25) is 4.90 Å². The van der Waals surface area contributed by atoms with E-state index in [1.807, 2.05) is 0 Å². The van der Waals surface area contributed by atoms with Crippen molar-refractivity contribution < 1.29 is 14.2 Å². The van der Waals surface area contributed by atoms with Crippen LogP contribution in [0.4, 0.5) is 0 Å². The number of fused-ring (bicyclic) bond motifs is 1. The maximum atomic E-state index is 6.75. The van der Waals surface area contributed by atoms with Gasteiger partial charge in [-0.15, -0.1) is 6.58 Å². The Labute approximate surface area is 155 Å². The molecule has 1 aromatic rings. The van der Waals surface area contributed by atoms with Gasteiger partial charge in [0.25, 0.3) is 0 Å². The summed E-state index contributed by atoms with van der Waals surface area (Å²) in [5, 5.41) is 0. The van der Waals surface area contributed by atoms with E-state index < -0.39 is 5.79 Å². The van der Waals surface area contributed by atoms with Gasteiger partial charge in [-0.1, -0.05) is 18.2 Å². The second-order valence-electron chi connectivity index (χ2n) is 8.74. The molecule has 138 valence electrons. The zero-order valence-electron chi connectivity index (χ0n) is 15.5. The third kappa shape index (κ3) is 1.67. The molecule has 2 aliphatic carbocycles. The molecule has 2 saturated heterocycles. The van der Waals surface area contributed by atoms with Gasteiger partial charge < -0.3 is 14.2 Å². The van der Waals surface area contributed by atoms with Crippen molar-refractivity contribution in [3.63, 3.8) is 0 Å². The molecule has 4 heteroatoms. The van der Waals surface area contributed by atoms with Gasteiger partial charge in [0.15, 0.2) is 6.10 Å². The van der Waals surface area contributed by atoms with E-state index in [9.17, 15) is 0 Å². The maximum absolute atomic E-state index is 6.75. The summed E-state index contributed by atoms with van der Waals surface area (Å²) < 4.78 is 19.3. The van der Waals surface area contributed by atoms with E-state index in [1.54, 1.807) is 0 Å². The quantitative estimate of drug-likeness (QED) is 0.765. The first-order chi connectivity index (χ1) is 12.7. The number of ether oxygens (including phenoxy) is 3. The van der Waals surface area contributed by atoms with Crippen LogP contribution in [0, 0.1) is 12.8 Å². The summed E-state index contributed by atoms with van der Waals surface area (Å²) >= 11 is 0. The molecule has 2 unspecified atom stereocenters. The fraction of sp³-hybridized carbons (Fsp3) is 0.636. The molecule has 4 nitrogen and oxygen atoms in total. The smallest absolute Gasteiger partial charge is 0.206 e. The normalized spacial score (nSPS) is 38.9. The number of rotatable bonds is 2. The largest absolute Gasteiger partial charge is 0.483 e. The second kappa shape index (κ2) is 5.12. The van der Waals surface area contributed by atoms with Crippen molar-refractivity contribution in [1.29, 1.82) is 0 Å². The topological polar surface area (TPSA) is 30.9 Å². The number of hydrogen-bond acceptors (Lipinski definition) is 4. The summed E-state index contributed by atoms with van der Waals surface area (Å²) in [6.07, 6.45) is 6.43. The lowest BCUT2D eigenvalue weighted by atomic mass is 9.50. The average Bonchev–Trinajstić information content (AvgIpc) is 3.24. The van der Waals surface area contributed by atoms with Crippen molar-refractivity contribution in [3.05, 3.63) is 41.5 Å². The molecular formula is C22H27NO3. The Kier molecular flexibility index (Phi) is 3.09. The Morgan fingerprint density at radius 3 is 2.92 bits per heavy atom. The zero-order valence-corrected chi connectivity index (χ0v) is 15.5. The highest BCUT2D eigenvalue weighted by molar-refractivity contribution is 5.58. The summed E-state index contributed by atoms with van der Waals surface area (Å²) in [6.45, 7) is 9.64. The molecular weight excluding hydrogens is 326 g/mol. The number of hydrogen-bond donors (Lipinski definition) is 0. The van der Waals surface area contributed by atoms with Crippen molar-refractivity contribution >= 4 is 0 Å². The fourth-order valence-electron chi connectivity index (χ4n) is 6.90. The molecule has 0 N–H and O–H groups in total. The summed E-state index contributed by atoms with van der Waals surface area (Å²) in [4.78, 5) is 2.65. The van der Waals surface area contributed by atoms with Crippen LogP contribution < -0.4 is 4.74 Å². The first-order valence-electron chi connectivity index (χ1n) is 10.1. The van der Waals surface area contributed by atoms with E-state index in [1.165, 1.54) is 16.7 Å². The van der Waals surface area contributed by atoms with Gasteiger partial charge in [0.2, 0.25) is 5.79 Å². The van der Waals surface area contributed by atoms with Crippen LogP contribution in [0.2, 0.25) is 0 Å². The van der Waals surface area contributed by atoms with Gasteiger partial charge in [0, 0.05) is 30.0 Å². The lowest BCUT2D eigenvalue weighted by molar-refractivity contribution is -0.261. The molecule has 26 heavy (non-hydrogen) atoms. The minimum atomic E-state index is -0.540. The van der Waals surface area contributed by atoms with Crippen molar-refractivity contribution in [2.75, 3.05) is 26.3 Å². The average molecular weight is 353 g/mol. The zero-order chi connectivity index (χ0) is 17.5. The Hall–Kier alpha value is -1.36. The minimum Gasteiger partial charge on any atom is -0.483 e. The molecule has 6 rings (SSSR count). The molecule has 5 aliphatic rings. The molecule has 0 radical (unpaired) electrons. The summed E-state index contributed by atoms with van der Waals surface area (Å²) in [7, 11) is 0. The van der Waals surface area contributed by atoms with Crippen LogP contribution in [0.5, 0.6) is 5.75 Å². The van der Waals surface area contributed by atoms with E-state index in [0.717, 1.165) is 44.5 Å². The summed E-state index contributed by atoms with van der Waals surface area (Å²) in [5.41, 5.74) is 4.30. The van der Waals surface area contributed by atoms with Gasteiger partial charge in [-0.2, -0.15) is 0 Å². The van der Waals surface area contributed by atoms with Gasteiger partial charge in [-0.25, -0.2) is 0 Å². The Balaban J connectivity index is 1.57. The van der Waals surface area contributed by atoms with Crippen molar-refractivity contribution in [2.45, 2.75) is 56.0 Å². The maximum Gasteiger partial charge on any atom is 0.206 e. The van der Waals surface area contributed by atoms with Crippen LogP contribution >= 0.6 is 0 Å². The van der Waals surface area contributed by atoms with Gasteiger partial charge in [0.05, 0.1) is 13.2 Å². The predicted molar refractivity (Wildman–Crippen MR) is 98.5 cm³/mol. The molecule has 4 atom stereocenters. The molecule has 1 aromatic carbocycles. The molecule has 2 bridgehead atoms. The fourth-order valence-corrected chi connectivity index (χ4v) is 6.90. The summed E-state index contributed by atoms with van der Waals surface area (Å²) in [6, 6.07) is 5.16. The lowest BCUT2D eigenvalue weighted by Crippen LogP contribution is -2.70. The molecule has 1 saturated carbocycles. The molecule has 2 spiro atoms. The van der Waals surface area contributed by atoms with Gasteiger partial charge >= 0.3 is 0 Å². The van der Waals surface area contributed by atoms with Gasteiger partial charge in [0.1, 0.15) is 5.75 Å². The Bertz CT molecular complexity index is 784. The number of benzene rings is 1. The number of aryl methyl sites for hydroxylation is 1. The first-order valence-corrected chi connectivity index (χ1v) is 10.1. The van der Waals surface area contributed by atoms with Crippen molar-refractivity contribution in [1.82, 2.24) is 4.90 Å². The van der Waals surface area contributed by atoms with Crippen molar-refractivity contribution in [2.24, 2.45) is 5.92 Å². The number of likely N-dealkylation sites (tertiary alicyclic amines) is 1. The molecule has 3 aliphatic heterocycles. The monoisotopic (exact) mass is 353 g/mol. The minimum absolute atomic E-state index is 0.000203. The highest BCUT2D eigenvalue weighted by Crippen LogP contribution is 2.65. The van der Waals surface area contributed by atoms with Crippen molar-refractivity contribution in [3.8, 4) is 5.75 Å². The Morgan fingerprint density at radius 1 is 1.27 bits per heavy atom. The van der Waals surface area contributed by atoms with Gasteiger partial charge in [-0.05, 0) is 49.8 Å². The van der Waals surface area contributed by atoms with Crippen LogP contribution in [0.3, 0.4) is 0 Å². The highest BCUT2D eigenvalue weighted by Gasteiger charge is 2.71. The highest BCUT2D eigenvalue weighted by atomic mass is 16.8. The Morgan fingerprint density at radius 2 is 2.12 bits per heavy atom. The predicted octanol–water partition coefficient (Wildman–Crippen LogP) is 2.96. The van der Waals surface area contributed by atoms with Crippen LogP contribution in [0.15, 0.2) is 24.8 Å². The summed E-state index contributed by atoms with van der Waals surface area (Å²) in [5.74, 6) is 1.21. The first kappa shape index (κ1) is 15.7. The standard InChI is InChI=1S/C22H27NO3/c1-3-9-23-10-8-21-16-6-7-22(24-11-12-25-22)20(21)26-19-14(2)4-5-15(18(19)21)13-17(16)23/h3-5,16-17,20H,1,6-13H2,2H3/t16-,17+,20?,21?/m1/s1. The van der Waals surface area contributed by atoms with Crippen LogP contribution in [-0.4, -0.2) is 49.1 Å². The number of nitrogens with zero attached hydrogens (tertiary/aromatic N) is 1.